The predicted molar refractivity (Wildman–Crippen MR) is 72.0 cm³/mol. The lowest BCUT2D eigenvalue weighted by Gasteiger charge is -2.06. The van der Waals surface area contributed by atoms with Gasteiger partial charge in [-0.15, -0.1) is 0 Å². The maximum absolute atomic E-state index is 5.89. The fraction of sp³-hybridized carbons (Fsp3) is 0.154. The highest BCUT2D eigenvalue weighted by atomic mass is 35.5. The van der Waals surface area contributed by atoms with E-state index in [4.69, 9.17) is 22.2 Å². The van der Waals surface area contributed by atoms with Crippen LogP contribution >= 0.6 is 11.6 Å². The van der Waals surface area contributed by atoms with Crippen molar-refractivity contribution in [3.63, 3.8) is 0 Å². The van der Waals surface area contributed by atoms with Crippen molar-refractivity contribution in [1.82, 2.24) is 4.98 Å². The lowest BCUT2D eigenvalue weighted by atomic mass is 10.2. The zero-order chi connectivity index (χ0) is 12.8. The molecule has 3 N–H and O–H groups in total. The van der Waals surface area contributed by atoms with Crippen LogP contribution < -0.4 is 11.3 Å². The Kier molecular flexibility index (Phi) is 4.52. The van der Waals surface area contributed by atoms with Crippen LogP contribution in [0, 0.1) is 0 Å². The van der Waals surface area contributed by atoms with Gasteiger partial charge in [-0.05, 0) is 29.8 Å². The minimum atomic E-state index is 0.433. The highest BCUT2D eigenvalue weighted by Crippen LogP contribution is 2.12. The SMILES string of the molecule is NNc1ccnc(COCc2cccc(Cl)c2)c1. The van der Waals surface area contributed by atoms with E-state index in [0.717, 1.165) is 16.9 Å². The molecule has 1 aromatic carbocycles. The first kappa shape index (κ1) is 12.8. The Morgan fingerprint density at radius 2 is 2.11 bits per heavy atom. The molecule has 0 aliphatic heterocycles. The van der Waals surface area contributed by atoms with Crippen LogP contribution in [0.1, 0.15) is 11.3 Å². The van der Waals surface area contributed by atoms with Crippen LogP contribution in [0.3, 0.4) is 0 Å². The van der Waals surface area contributed by atoms with Gasteiger partial charge in [-0.1, -0.05) is 23.7 Å². The van der Waals surface area contributed by atoms with Gasteiger partial charge in [-0.25, -0.2) is 0 Å². The molecular weight excluding hydrogens is 250 g/mol. The van der Waals surface area contributed by atoms with Gasteiger partial charge in [0.2, 0.25) is 0 Å². The number of hydrazine groups is 1. The number of hydrogen-bond acceptors (Lipinski definition) is 4. The number of hydrogen-bond donors (Lipinski definition) is 2. The Hall–Kier alpha value is -1.62. The average Bonchev–Trinajstić information content (AvgIpc) is 2.39. The summed E-state index contributed by atoms with van der Waals surface area (Å²) in [4.78, 5) is 4.19. The van der Waals surface area contributed by atoms with E-state index < -0.39 is 0 Å². The van der Waals surface area contributed by atoms with E-state index in [1.165, 1.54) is 0 Å². The number of anilines is 1. The lowest BCUT2D eigenvalue weighted by molar-refractivity contribution is 0.104. The third-order valence-corrected chi connectivity index (χ3v) is 2.63. The zero-order valence-electron chi connectivity index (χ0n) is 9.77. The molecule has 0 aliphatic carbocycles. The summed E-state index contributed by atoms with van der Waals surface area (Å²) in [5.41, 5.74) is 5.25. The van der Waals surface area contributed by atoms with E-state index in [2.05, 4.69) is 10.4 Å². The van der Waals surface area contributed by atoms with Gasteiger partial charge >= 0.3 is 0 Å². The quantitative estimate of drug-likeness (QED) is 0.643. The highest BCUT2D eigenvalue weighted by Gasteiger charge is 1.98. The molecule has 1 heterocycles. The van der Waals surface area contributed by atoms with Gasteiger partial charge in [0.05, 0.1) is 24.6 Å². The number of nitrogens with zero attached hydrogens (tertiary/aromatic N) is 1. The van der Waals surface area contributed by atoms with Gasteiger partial charge in [-0.2, -0.15) is 0 Å². The summed E-state index contributed by atoms with van der Waals surface area (Å²) in [5, 5.41) is 0.712. The van der Waals surface area contributed by atoms with E-state index in [1.54, 1.807) is 12.3 Å². The molecule has 94 valence electrons. The summed E-state index contributed by atoms with van der Waals surface area (Å²) in [5.74, 6) is 5.32. The summed E-state index contributed by atoms with van der Waals surface area (Å²) in [6.07, 6.45) is 1.69. The number of pyridine rings is 1. The Bertz CT molecular complexity index is 519. The normalized spacial score (nSPS) is 10.3. The maximum atomic E-state index is 5.89. The third kappa shape index (κ3) is 3.70. The Morgan fingerprint density at radius 3 is 2.89 bits per heavy atom. The van der Waals surface area contributed by atoms with E-state index in [0.29, 0.717) is 18.2 Å². The minimum Gasteiger partial charge on any atom is -0.370 e. The first-order chi connectivity index (χ1) is 8.78. The standard InChI is InChI=1S/C13H14ClN3O/c14-11-3-1-2-10(6-11)8-18-9-13-7-12(17-15)4-5-16-13/h1-7H,8-9,15H2,(H,16,17). The largest absolute Gasteiger partial charge is 0.370 e. The molecular formula is C13H14ClN3O. The van der Waals surface area contributed by atoms with Crippen LogP contribution in [-0.4, -0.2) is 4.98 Å². The first-order valence-corrected chi connectivity index (χ1v) is 5.89. The number of nitrogens with one attached hydrogen (secondary N) is 1. The number of benzene rings is 1. The average molecular weight is 264 g/mol. The number of rotatable bonds is 5. The number of aromatic nitrogens is 1. The molecule has 4 nitrogen and oxygen atoms in total. The second-order valence-corrected chi connectivity index (χ2v) is 4.24. The molecule has 2 rings (SSSR count). The topological polar surface area (TPSA) is 60.2 Å². The molecule has 0 bridgehead atoms. The monoisotopic (exact) mass is 263 g/mol. The van der Waals surface area contributed by atoms with Crippen LogP contribution in [0.2, 0.25) is 5.02 Å². The Labute approximate surface area is 111 Å². The van der Waals surface area contributed by atoms with Crippen LogP contribution in [0.4, 0.5) is 5.69 Å². The number of ether oxygens (including phenoxy) is 1. The van der Waals surface area contributed by atoms with Crippen LogP contribution in [0.15, 0.2) is 42.6 Å². The summed E-state index contributed by atoms with van der Waals surface area (Å²) >= 11 is 5.89. The minimum absolute atomic E-state index is 0.433. The second-order valence-electron chi connectivity index (χ2n) is 3.80. The smallest absolute Gasteiger partial charge is 0.0893 e. The second kappa shape index (κ2) is 6.35. The van der Waals surface area contributed by atoms with E-state index in [9.17, 15) is 0 Å². The lowest BCUT2D eigenvalue weighted by Crippen LogP contribution is -2.07. The van der Waals surface area contributed by atoms with Gasteiger partial charge in [0.1, 0.15) is 0 Å². The first-order valence-electron chi connectivity index (χ1n) is 5.51. The van der Waals surface area contributed by atoms with Crippen LogP contribution in [0.25, 0.3) is 0 Å². The fourth-order valence-electron chi connectivity index (χ4n) is 1.55. The predicted octanol–water partition coefficient (Wildman–Crippen LogP) is 2.74. The van der Waals surface area contributed by atoms with Crippen molar-refractivity contribution >= 4 is 17.3 Å². The molecule has 2 aromatic rings. The van der Waals surface area contributed by atoms with Crippen molar-refractivity contribution in [2.45, 2.75) is 13.2 Å². The summed E-state index contributed by atoms with van der Waals surface area (Å²) < 4.78 is 5.57. The zero-order valence-corrected chi connectivity index (χ0v) is 10.5. The molecule has 0 saturated heterocycles. The number of nitrogen functional groups attached to an aromatic ring is 1. The highest BCUT2D eigenvalue weighted by molar-refractivity contribution is 6.30. The van der Waals surface area contributed by atoms with Crippen LogP contribution in [0.5, 0.6) is 0 Å². The van der Waals surface area contributed by atoms with E-state index in [-0.39, 0.29) is 0 Å². The van der Waals surface area contributed by atoms with Crippen LogP contribution in [-0.2, 0) is 18.0 Å². The molecule has 0 amide bonds. The molecule has 0 atom stereocenters. The molecule has 0 fully saturated rings. The molecule has 1 aromatic heterocycles. The number of halogens is 1. The van der Waals surface area contributed by atoms with Gasteiger partial charge in [0, 0.05) is 11.2 Å². The van der Waals surface area contributed by atoms with Gasteiger partial charge in [0.15, 0.2) is 0 Å². The Balaban J connectivity index is 1.88. The van der Waals surface area contributed by atoms with Crippen molar-refractivity contribution in [2.24, 2.45) is 5.84 Å². The molecule has 0 aliphatic rings. The van der Waals surface area contributed by atoms with E-state index >= 15 is 0 Å². The van der Waals surface area contributed by atoms with Crippen molar-refractivity contribution in [2.75, 3.05) is 5.43 Å². The summed E-state index contributed by atoms with van der Waals surface area (Å²) in [7, 11) is 0. The number of nitrogens with two attached hydrogens (primary N) is 1. The molecule has 5 heteroatoms. The summed E-state index contributed by atoms with van der Waals surface area (Å²) in [6.45, 7) is 0.935. The fourth-order valence-corrected chi connectivity index (χ4v) is 1.76. The van der Waals surface area contributed by atoms with Crippen molar-refractivity contribution < 1.29 is 4.74 Å². The van der Waals surface area contributed by atoms with Gasteiger partial charge in [0.25, 0.3) is 0 Å². The van der Waals surface area contributed by atoms with Gasteiger partial charge in [-0.3, -0.25) is 10.8 Å². The maximum Gasteiger partial charge on any atom is 0.0893 e. The molecule has 0 radical (unpaired) electrons. The molecule has 0 unspecified atom stereocenters. The molecule has 0 saturated carbocycles. The van der Waals surface area contributed by atoms with Crippen molar-refractivity contribution in [3.8, 4) is 0 Å². The van der Waals surface area contributed by atoms with Crippen molar-refractivity contribution in [3.05, 3.63) is 58.9 Å². The third-order valence-electron chi connectivity index (χ3n) is 2.39. The Morgan fingerprint density at radius 1 is 1.22 bits per heavy atom. The van der Waals surface area contributed by atoms with Gasteiger partial charge < -0.3 is 10.2 Å². The van der Waals surface area contributed by atoms with Crippen molar-refractivity contribution in [1.29, 1.82) is 0 Å². The van der Waals surface area contributed by atoms with E-state index in [1.807, 2.05) is 30.3 Å². The summed E-state index contributed by atoms with van der Waals surface area (Å²) in [6, 6.07) is 11.2. The molecule has 0 spiro atoms. The molecule has 18 heavy (non-hydrogen) atoms.